The van der Waals surface area contributed by atoms with Gasteiger partial charge in [0.15, 0.2) is 0 Å². The molecule has 0 spiro atoms. The molecule has 20 heavy (non-hydrogen) atoms. The molecule has 2 fully saturated rings. The van der Waals surface area contributed by atoms with Crippen LogP contribution in [0.25, 0.3) is 0 Å². The minimum atomic E-state index is 0.314. The Hall–Kier alpha value is -1.10. The molecule has 110 valence electrons. The molecule has 0 atom stereocenters. The van der Waals surface area contributed by atoms with Crippen LogP contribution in [0.4, 0.5) is 11.9 Å². The number of piperidine rings is 2. The van der Waals surface area contributed by atoms with Crippen molar-refractivity contribution in [1.29, 1.82) is 0 Å². The first-order valence-corrected chi connectivity index (χ1v) is 8.01. The Balaban J connectivity index is 1.79. The van der Waals surface area contributed by atoms with Crippen molar-refractivity contribution in [2.75, 3.05) is 36.0 Å². The zero-order chi connectivity index (χ0) is 13.9. The molecular weight excluding hydrogens is 274 g/mol. The summed E-state index contributed by atoms with van der Waals surface area (Å²) >= 11 is 6.10. The largest absolute Gasteiger partial charge is 0.341 e. The van der Waals surface area contributed by atoms with Gasteiger partial charge in [0.05, 0.1) is 0 Å². The molecule has 5 nitrogen and oxygen atoms in total. The van der Waals surface area contributed by atoms with Crippen molar-refractivity contribution in [2.24, 2.45) is 5.92 Å². The van der Waals surface area contributed by atoms with Crippen LogP contribution in [0.3, 0.4) is 0 Å². The molecule has 0 bridgehead atoms. The van der Waals surface area contributed by atoms with Gasteiger partial charge in [-0.05, 0) is 49.6 Å². The van der Waals surface area contributed by atoms with Crippen molar-refractivity contribution >= 4 is 23.5 Å². The molecule has 0 N–H and O–H groups in total. The highest BCUT2D eigenvalue weighted by atomic mass is 35.5. The quantitative estimate of drug-likeness (QED) is 0.839. The van der Waals surface area contributed by atoms with E-state index >= 15 is 0 Å². The van der Waals surface area contributed by atoms with Crippen LogP contribution in [0.5, 0.6) is 0 Å². The van der Waals surface area contributed by atoms with E-state index in [9.17, 15) is 0 Å². The third-order valence-electron chi connectivity index (χ3n) is 4.29. The Morgan fingerprint density at radius 2 is 1.40 bits per heavy atom. The third-order valence-corrected chi connectivity index (χ3v) is 4.46. The van der Waals surface area contributed by atoms with Gasteiger partial charge >= 0.3 is 0 Å². The Morgan fingerprint density at radius 1 is 0.850 bits per heavy atom. The van der Waals surface area contributed by atoms with Crippen molar-refractivity contribution in [3.8, 4) is 0 Å². The summed E-state index contributed by atoms with van der Waals surface area (Å²) in [6.07, 6.45) is 6.11. The summed E-state index contributed by atoms with van der Waals surface area (Å²) in [6, 6.07) is 0. The Morgan fingerprint density at radius 3 is 2.00 bits per heavy atom. The van der Waals surface area contributed by atoms with Gasteiger partial charge in [-0.1, -0.05) is 6.92 Å². The molecule has 0 aliphatic carbocycles. The van der Waals surface area contributed by atoms with Crippen LogP contribution < -0.4 is 9.80 Å². The third kappa shape index (κ3) is 3.14. The molecule has 3 heterocycles. The van der Waals surface area contributed by atoms with Crippen LogP contribution >= 0.6 is 11.6 Å². The lowest BCUT2D eigenvalue weighted by atomic mass is 10.00. The van der Waals surface area contributed by atoms with Gasteiger partial charge in [0.1, 0.15) is 0 Å². The average molecular weight is 296 g/mol. The Bertz CT molecular complexity index is 453. The number of anilines is 2. The molecule has 2 aliphatic rings. The maximum Gasteiger partial charge on any atom is 0.231 e. The first-order valence-electron chi connectivity index (χ1n) is 7.64. The molecule has 0 unspecified atom stereocenters. The van der Waals surface area contributed by atoms with E-state index in [1.807, 2.05) is 0 Å². The van der Waals surface area contributed by atoms with Crippen LogP contribution in [0.2, 0.25) is 5.28 Å². The van der Waals surface area contributed by atoms with Gasteiger partial charge in [-0.3, -0.25) is 0 Å². The molecule has 6 heteroatoms. The molecule has 3 rings (SSSR count). The zero-order valence-corrected chi connectivity index (χ0v) is 12.8. The summed E-state index contributed by atoms with van der Waals surface area (Å²) in [5.41, 5.74) is 0. The number of halogens is 1. The molecule has 1 aromatic rings. The van der Waals surface area contributed by atoms with Crippen molar-refractivity contribution in [3.05, 3.63) is 5.28 Å². The molecule has 0 amide bonds. The van der Waals surface area contributed by atoms with Gasteiger partial charge in [0.25, 0.3) is 0 Å². The summed E-state index contributed by atoms with van der Waals surface area (Å²) in [6.45, 7) is 6.38. The smallest absolute Gasteiger partial charge is 0.231 e. The van der Waals surface area contributed by atoms with Gasteiger partial charge in [-0.2, -0.15) is 15.0 Å². The SMILES string of the molecule is CC1CCN(c2nc(Cl)nc(N3CCCCC3)n2)CC1. The highest BCUT2D eigenvalue weighted by molar-refractivity contribution is 6.28. The second-order valence-corrected chi connectivity index (χ2v) is 6.26. The van der Waals surface area contributed by atoms with Crippen LogP contribution in [0.1, 0.15) is 39.0 Å². The number of hydrogen-bond acceptors (Lipinski definition) is 5. The number of aromatic nitrogens is 3. The average Bonchev–Trinajstić information content (AvgIpc) is 2.48. The van der Waals surface area contributed by atoms with E-state index in [0.717, 1.165) is 44.0 Å². The van der Waals surface area contributed by atoms with E-state index in [1.54, 1.807) is 0 Å². The maximum absolute atomic E-state index is 6.10. The minimum absolute atomic E-state index is 0.314. The predicted octanol–water partition coefficient (Wildman–Crippen LogP) is 2.75. The van der Waals surface area contributed by atoms with Gasteiger partial charge in [0.2, 0.25) is 17.2 Å². The van der Waals surface area contributed by atoms with Crippen molar-refractivity contribution in [2.45, 2.75) is 39.0 Å². The standard InChI is InChI=1S/C14H22ClN5/c1-11-5-9-20(10-6-11)14-17-12(15)16-13(18-14)19-7-3-2-4-8-19/h11H,2-10H2,1H3. The van der Waals surface area contributed by atoms with Crippen molar-refractivity contribution in [3.63, 3.8) is 0 Å². The highest BCUT2D eigenvalue weighted by Crippen LogP contribution is 2.23. The molecule has 0 saturated carbocycles. The van der Waals surface area contributed by atoms with E-state index in [2.05, 4.69) is 31.7 Å². The first kappa shape index (κ1) is 13.9. The van der Waals surface area contributed by atoms with Gasteiger partial charge in [-0.25, -0.2) is 0 Å². The lowest BCUT2D eigenvalue weighted by Gasteiger charge is -2.31. The van der Waals surface area contributed by atoms with Gasteiger partial charge < -0.3 is 9.80 Å². The molecule has 0 aromatic carbocycles. The normalized spacial score (nSPS) is 21.3. The summed E-state index contributed by atoms with van der Waals surface area (Å²) in [4.78, 5) is 17.7. The number of hydrogen-bond donors (Lipinski definition) is 0. The highest BCUT2D eigenvalue weighted by Gasteiger charge is 2.21. The van der Waals surface area contributed by atoms with Crippen LogP contribution in [-0.4, -0.2) is 41.1 Å². The second-order valence-electron chi connectivity index (χ2n) is 5.92. The molecular formula is C14H22ClN5. The lowest BCUT2D eigenvalue weighted by molar-refractivity contribution is 0.434. The lowest BCUT2D eigenvalue weighted by Crippen LogP contribution is -2.36. The second kappa shape index (κ2) is 6.12. The fraction of sp³-hybridized carbons (Fsp3) is 0.786. The summed E-state index contributed by atoms with van der Waals surface area (Å²) < 4.78 is 0. The monoisotopic (exact) mass is 295 g/mol. The van der Waals surface area contributed by atoms with Crippen molar-refractivity contribution in [1.82, 2.24) is 15.0 Å². The first-order chi connectivity index (χ1) is 9.72. The topological polar surface area (TPSA) is 45.2 Å². The van der Waals surface area contributed by atoms with E-state index in [0.29, 0.717) is 5.28 Å². The summed E-state index contributed by atoms with van der Waals surface area (Å²) in [5, 5.41) is 0.314. The van der Waals surface area contributed by atoms with Crippen LogP contribution in [0.15, 0.2) is 0 Å². The van der Waals surface area contributed by atoms with Crippen LogP contribution in [-0.2, 0) is 0 Å². The van der Waals surface area contributed by atoms with E-state index in [1.165, 1.54) is 32.1 Å². The maximum atomic E-state index is 6.10. The predicted molar refractivity (Wildman–Crippen MR) is 81.5 cm³/mol. The molecule has 0 radical (unpaired) electrons. The van der Waals surface area contributed by atoms with E-state index in [-0.39, 0.29) is 0 Å². The van der Waals surface area contributed by atoms with Crippen molar-refractivity contribution < 1.29 is 0 Å². The van der Waals surface area contributed by atoms with E-state index in [4.69, 9.17) is 11.6 Å². The molecule has 2 aliphatic heterocycles. The van der Waals surface area contributed by atoms with Gasteiger partial charge in [-0.15, -0.1) is 0 Å². The fourth-order valence-electron chi connectivity index (χ4n) is 2.91. The summed E-state index contributed by atoms with van der Waals surface area (Å²) in [7, 11) is 0. The zero-order valence-electron chi connectivity index (χ0n) is 12.1. The molecule has 1 aromatic heterocycles. The fourth-order valence-corrected chi connectivity index (χ4v) is 3.07. The Labute approximate surface area is 125 Å². The summed E-state index contributed by atoms with van der Waals surface area (Å²) in [5.74, 6) is 2.29. The number of rotatable bonds is 2. The minimum Gasteiger partial charge on any atom is -0.341 e. The Kier molecular flexibility index (Phi) is 4.24. The number of nitrogens with zero attached hydrogens (tertiary/aromatic N) is 5. The van der Waals surface area contributed by atoms with E-state index < -0.39 is 0 Å². The van der Waals surface area contributed by atoms with Gasteiger partial charge in [0, 0.05) is 26.2 Å². The van der Waals surface area contributed by atoms with Crippen LogP contribution in [0, 0.1) is 5.92 Å². The molecule has 2 saturated heterocycles.